The minimum Gasteiger partial charge on any atom is -0.477 e. The van der Waals surface area contributed by atoms with Crippen molar-refractivity contribution in [2.75, 3.05) is 0 Å². The summed E-state index contributed by atoms with van der Waals surface area (Å²) in [5, 5.41) is 20.0. The van der Waals surface area contributed by atoms with Crippen LogP contribution in [0.3, 0.4) is 0 Å². The standard InChI is InChI=1S/C32H44O4S4/c1-3-5-7-9-11-13-15-17-19-21-23-27(39-25(21)31(33)34)29-30(37-23)28-24(38-29)22(26(40-28)32(35)36)20-18-16-14-12-10-8-6-4-2/h3-20H2,1-2H3,(H,33,34)(H,35,36). The van der Waals surface area contributed by atoms with Gasteiger partial charge in [0.05, 0.1) is 28.2 Å². The molecule has 4 aromatic rings. The van der Waals surface area contributed by atoms with Crippen LogP contribution >= 0.6 is 45.3 Å². The van der Waals surface area contributed by atoms with E-state index in [0.29, 0.717) is 9.75 Å². The lowest BCUT2D eigenvalue weighted by Gasteiger charge is -2.03. The maximum Gasteiger partial charge on any atom is 0.346 e. The number of fused-ring (bicyclic) bond motifs is 5. The van der Waals surface area contributed by atoms with Crippen LogP contribution in [-0.2, 0) is 12.8 Å². The molecule has 0 bridgehead atoms. The number of aromatic carboxylic acids is 2. The van der Waals surface area contributed by atoms with Gasteiger partial charge in [0, 0.05) is 0 Å². The Kier molecular flexibility index (Phi) is 12.3. The van der Waals surface area contributed by atoms with E-state index < -0.39 is 11.9 Å². The second-order valence-electron chi connectivity index (χ2n) is 11.1. The van der Waals surface area contributed by atoms with Gasteiger partial charge in [-0.05, 0) is 36.8 Å². The first-order valence-electron chi connectivity index (χ1n) is 15.4. The monoisotopic (exact) mass is 620 g/mol. The summed E-state index contributed by atoms with van der Waals surface area (Å²) in [5.74, 6) is -1.64. The summed E-state index contributed by atoms with van der Waals surface area (Å²) in [5.41, 5.74) is 1.99. The SMILES string of the molecule is CCCCCCCCCCc1c(C(=O)O)sc2c1sc1c3sc(C(=O)O)c(CCCCCCCCCC)c3sc21. The molecule has 0 aliphatic carbocycles. The van der Waals surface area contributed by atoms with Gasteiger partial charge in [-0.2, -0.15) is 0 Å². The lowest BCUT2D eigenvalue weighted by molar-refractivity contribution is 0.0690. The Morgan fingerprint density at radius 2 is 0.750 bits per heavy atom. The molecule has 0 radical (unpaired) electrons. The van der Waals surface area contributed by atoms with Gasteiger partial charge in [0.2, 0.25) is 0 Å². The molecule has 4 nitrogen and oxygen atoms in total. The van der Waals surface area contributed by atoms with E-state index in [4.69, 9.17) is 0 Å². The van der Waals surface area contributed by atoms with Crippen molar-refractivity contribution in [2.45, 2.75) is 129 Å². The van der Waals surface area contributed by atoms with Crippen molar-refractivity contribution in [3.05, 3.63) is 20.9 Å². The third-order valence-electron chi connectivity index (χ3n) is 7.89. The van der Waals surface area contributed by atoms with E-state index in [1.54, 1.807) is 22.7 Å². The number of carboxylic acids is 2. The number of rotatable bonds is 20. The number of hydrogen-bond acceptors (Lipinski definition) is 6. The fourth-order valence-electron chi connectivity index (χ4n) is 5.68. The molecule has 4 aromatic heterocycles. The van der Waals surface area contributed by atoms with Crippen molar-refractivity contribution < 1.29 is 19.8 Å². The van der Waals surface area contributed by atoms with Crippen LogP contribution in [0.25, 0.3) is 28.2 Å². The van der Waals surface area contributed by atoms with Crippen LogP contribution < -0.4 is 0 Å². The number of hydrogen-bond donors (Lipinski definition) is 2. The fraction of sp³-hybridized carbons (Fsp3) is 0.625. The summed E-state index contributed by atoms with van der Waals surface area (Å²) >= 11 is 6.23. The number of thiophene rings is 4. The molecule has 0 aliphatic heterocycles. The molecular weight excluding hydrogens is 577 g/mol. The van der Waals surface area contributed by atoms with Crippen molar-refractivity contribution >= 4 is 85.5 Å². The predicted octanol–water partition coefficient (Wildman–Crippen LogP) is 12.2. The van der Waals surface area contributed by atoms with E-state index in [1.807, 2.05) is 0 Å². The minimum atomic E-state index is -0.821. The Labute approximate surface area is 254 Å². The molecule has 0 amide bonds. The zero-order valence-electron chi connectivity index (χ0n) is 24.1. The highest BCUT2D eigenvalue weighted by atomic mass is 32.1. The smallest absolute Gasteiger partial charge is 0.346 e. The highest BCUT2D eigenvalue weighted by Gasteiger charge is 2.27. The van der Waals surface area contributed by atoms with Crippen molar-refractivity contribution in [1.29, 1.82) is 0 Å². The Hall–Kier alpha value is -1.48. The molecule has 4 rings (SSSR count). The quantitative estimate of drug-likeness (QED) is 0.0964. The van der Waals surface area contributed by atoms with Crippen LogP contribution in [0, 0.1) is 0 Å². The molecule has 0 unspecified atom stereocenters. The second-order valence-corrected chi connectivity index (χ2v) is 15.1. The maximum absolute atomic E-state index is 12.2. The molecule has 220 valence electrons. The molecule has 0 aliphatic rings. The first-order valence-corrected chi connectivity index (χ1v) is 18.6. The van der Waals surface area contributed by atoms with E-state index in [2.05, 4.69) is 13.8 Å². The summed E-state index contributed by atoms with van der Waals surface area (Å²) in [6, 6.07) is 0. The largest absolute Gasteiger partial charge is 0.477 e. The Bertz CT molecular complexity index is 1300. The number of carboxylic acid groups (broad SMARTS) is 2. The molecule has 8 heteroatoms. The van der Waals surface area contributed by atoms with Gasteiger partial charge in [-0.15, -0.1) is 45.3 Å². The molecule has 40 heavy (non-hydrogen) atoms. The van der Waals surface area contributed by atoms with Crippen LogP contribution in [-0.4, -0.2) is 22.2 Å². The van der Waals surface area contributed by atoms with Crippen molar-refractivity contribution in [3.63, 3.8) is 0 Å². The lowest BCUT2D eigenvalue weighted by Crippen LogP contribution is -1.98. The number of carbonyl (C=O) groups is 2. The fourth-order valence-corrected chi connectivity index (χ4v) is 11.6. The Morgan fingerprint density at radius 3 is 1.07 bits per heavy atom. The highest BCUT2D eigenvalue weighted by molar-refractivity contribution is 7.45. The predicted molar refractivity (Wildman–Crippen MR) is 177 cm³/mol. The highest BCUT2D eigenvalue weighted by Crippen LogP contribution is 2.52. The minimum absolute atomic E-state index is 0.494. The first-order chi connectivity index (χ1) is 19.5. The second kappa shape index (κ2) is 15.7. The van der Waals surface area contributed by atoms with Crippen LogP contribution in [0.4, 0.5) is 0 Å². The molecule has 0 aromatic carbocycles. The molecule has 4 heterocycles. The van der Waals surface area contributed by atoms with Gasteiger partial charge in [0.15, 0.2) is 0 Å². The van der Waals surface area contributed by atoms with Crippen LogP contribution in [0.1, 0.15) is 147 Å². The van der Waals surface area contributed by atoms with Gasteiger partial charge in [-0.3, -0.25) is 0 Å². The molecule has 2 N–H and O–H groups in total. The van der Waals surface area contributed by atoms with Crippen LogP contribution in [0.2, 0.25) is 0 Å². The number of aryl methyl sites for hydroxylation is 2. The molecule has 0 saturated carbocycles. The summed E-state index contributed by atoms with van der Waals surface area (Å²) in [6.45, 7) is 4.48. The zero-order chi connectivity index (χ0) is 28.5. The average Bonchev–Trinajstić information content (AvgIpc) is 3.65. The van der Waals surface area contributed by atoms with Crippen molar-refractivity contribution in [1.82, 2.24) is 0 Å². The van der Waals surface area contributed by atoms with Gasteiger partial charge < -0.3 is 10.2 Å². The van der Waals surface area contributed by atoms with Crippen LogP contribution in [0.5, 0.6) is 0 Å². The van der Waals surface area contributed by atoms with E-state index >= 15 is 0 Å². The molecule has 0 fully saturated rings. The van der Waals surface area contributed by atoms with E-state index in [9.17, 15) is 19.8 Å². The van der Waals surface area contributed by atoms with E-state index in [1.165, 1.54) is 99.7 Å². The number of unbranched alkanes of at least 4 members (excludes halogenated alkanes) is 14. The maximum atomic E-state index is 12.2. The zero-order valence-corrected chi connectivity index (χ0v) is 27.3. The van der Waals surface area contributed by atoms with Crippen molar-refractivity contribution in [2.24, 2.45) is 0 Å². The summed E-state index contributed by atoms with van der Waals surface area (Å²) in [4.78, 5) is 25.3. The average molecular weight is 621 g/mol. The van der Waals surface area contributed by atoms with Gasteiger partial charge in [0.25, 0.3) is 0 Å². The van der Waals surface area contributed by atoms with E-state index in [-0.39, 0.29) is 0 Å². The Balaban J connectivity index is 1.50. The lowest BCUT2D eigenvalue weighted by atomic mass is 10.0. The third-order valence-corrected chi connectivity index (χ3v) is 13.5. The molecular formula is C32H44O4S4. The van der Waals surface area contributed by atoms with Gasteiger partial charge in [-0.1, -0.05) is 104 Å². The van der Waals surface area contributed by atoms with Crippen LogP contribution in [0.15, 0.2) is 0 Å². The van der Waals surface area contributed by atoms with Crippen molar-refractivity contribution in [3.8, 4) is 0 Å². The van der Waals surface area contributed by atoms with Gasteiger partial charge >= 0.3 is 11.9 Å². The Morgan fingerprint density at radius 1 is 0.450 bits per heavy atom. The first kappa shape index (κ1) is 31.5. The van der Waals surface area contributed by atoms with E-state index in [0.717, 1.165) is 77.9 Å². The molecule has 0 spiro atoms. The normalized spacial score (nSPS) is 11.9. The summed E-state index contributed by atoms with van der Waals surface area (Å²) in [7, 11) is 0. The van der Waals surface area contributed by atoms with Gasteiger partial charge in [0.1, 0.15) is 9.75 Å². The third kappa shape index (κ3) is 7.47. The summed E-state index contributed by atoms with van der Waals surface area (Å²) in [6.07, 6.45) is 21.3. The topological polar surface area (TPSA) is 74.6 Å². The van der Waals surface area contributed by atoms with Gasteiger partial charge in [-0.25, -0.2) is 9.59 Å². The molecule has 0 saturated heterocycles. The summed E-state index contributed by atoms with van der Waals surface area (Å²) < 4.78 is 6.73. The molecule has 0 atom stereocenters.